The zero-order chi connectivity index (χ0) is 18.2. The zero-order valence-electron chi connectivity index (χ0n) is 14.5. The third kappa shape index (κ3) is 7.49. The molecule has 0 radical (unpaired) electrons. The molecule has 0 aromatic heterocycles. The van der Waals surface area contributed by atoms with E-state index in [2.05, 4.69) is 39.0 Å². The molecule has 2 aromatic rings. The first kappa shape index (κ1) is 20.4. The molecule has 2 aromatic carbocycles. The summed E-state index contributed by atoms with van der Waals surface area (Å²) in [6.45, 7) is 6.51. The molecule has 0 aliphatic heterocycles. The number of rotatable bonds is 6. The normalized spacial score (nSPS) is 12.3. The van der Waals surface area contributed by atoms with Gasteiger partial charge in [-0.2, -0.15) is 0 Å². The van der Waals surface area contributed by atoms with Gasteiger partial charge in [-0.25, -0.2) is 4.99 Å². The number of nitrogens with zero attached hydrogens (tertiary/aromatic N) is 1. The molecule has 0 heterocycles. The maximum atomic E-state index is 6.06. The lowest BCUT2D eigenvalue weighted by Crippen LogP contribution is -1.95. The molecular formula is C20H21Cl2NS2. The second-order valence-electron chi connectivity index (χ2n) is 5.99. The van der Waals surface area contributed by atoms with Crippen LogP contribution in [0.15, 0.2) is 63.8 Å². The van der Waals surface area contributed by atoms with E-state index in [0.29, 0.717) is 16.0 Å². The van der Waals surface area contributed by atoms with Crippen LogP contribution in [0, 0.1) is 12.8 Å². The summed E-state index contributed by atoms with van der Waals surface area (Å²) in [5.74, 6) is 1.65. The third-order valence-corrected chi connectivity index (χ3v) is 6.04. The van der Waals surface area contributed by atoms with Gasteiger partial charge in [-0.15, -0.1) is 11.8 Å². The largest absolute Gasteiger partial charge is 0.242 e. The summed E-state index contributed by atoms with van der Waals surface area (Å²) in [5, 5.41) is 4.19. The molecule has 0 N–H and O–H groups in total. The van der Waals surface area contributed by atoms with E-state index >= 15 is 0 Å². The van der Waals surface area contributed by atoms with Crippen LogP contribution in [0.25, 0.3) is 0 Å². The summed E-state index contributed by atoms with van der Waals surface area (Å²) in [5.41, 5.74) is 2.21. The van der Waals surface area contributed by atoms with Crippen molar-refractivity contribution in [3.05, 3.63) is 69.6 Å². The van der Waals surface area contributed by atoms with Crippen LogP contribution in [0.4, 0.5) is 5.69 Å². The van der Waals surface area contributed by atoms with Crippen LogP contribution in [-0.4, -0.2) is 10.8 Å². The Kier molecular flexibility index (Phi) is 8.44. The van der Waals surface area contributed by atoms with E-state index < -0.39 is 0 Å². The van der Waals surface area contributed by atoms with E-state index in [1.807, 2.05) is 35.7 Å². The summed E-state index contributed by atoms with van der Waals surface area (Å²) < 4.78 is 0. The molecule has 0 saturated heterocycles. The fourth-order valence-electron chi connectivity index (χ4n) is 1.84. The topological polar surface area (TPSA) is 12.4 Å². The van der Waals surface area contributed by atoms with E-state index in [-0.39, 0.29) is 0 Å². The van der Waals surface area contributed by atoms with Crippen LogP contribution in [0.2, 0.25) is 10.0 Å². The van der Waals surface area contributed by atoms with Crippen LogP contribution in [-0.2, 0) is 0 Å². The van der Waals surface area contributed by atoms with E-state index in [4.69, 9.17) is 28.2 Å². The van der Waals surface area contributed by atoms with E-state index in [9.17, 15) is 0 Å². The second-order valence-corrected chi connectivity index (χ2v) is 8.82. The maximum Gasteiger partial charge on any atom is 0.0972 e. The van der Waals surface area contributed by atoms with Gasteiger partial charge in [-0.3, -0.25) is 0 Å². The van der Waals surface area contributed by atoms with Crippen molar-refractivity contribution in [1.82, 2.24) is 0 Å². The Bertz CT molecular complexity index is 753. The van der Waals surface area contributed by atoms with Gasteiger partial charge in [-0.1, -0.05) is 66.5 Å². The van der Waals surface area contributed by atoms with Crippen molar-refractivity contribution in [2.24, 2.45) is 10.9 Å². The van der Waals surface area contributed by atoms with E-state index in [1.165, 1.54) is 5.56 Å². The molecule has 0 saturated carbocycles. The number of aryl methyl sites for hydroxylation is 1. The van der Waals surface area contributed by atoms with Gasteiger partial charge in [-0.05, 0) is 54.7 Å². The van der Waals surface area contributed by atoms with Gasteiger partial charge >= 0.3 is 0 Å². The van der Waals surface area contributed by atoms with Crippen molar-refractivity contribution in [3.8, 4) is 0 Å². The number of thioether (sulfide) groups is 2. The predicted molar refractivity (Wildman–Crippen MR) is 117 cm³/mol. The summed E-state index contributed by atoms with van der Waals surface area (Å²) in [6, 6.07) is 13.9. The van der Waals surface area contributed by atoms with Gasteiger partial charge in [0.1, 0.15) is 0 Å². The highest BCUT2D eigenvalue weighted by Crippen LogP contribution is 2.29. The van der Waals surface area contributed by atoms with Crippen molar-refractivity contribution in [2.45, 2.75) is 25.7 Å². The Morgan fingerprint density at radius 1 is 1.08 bits per heavy atom. The first-order valence-corrected chi connectivity index (χ1v) is 10.6. The molecule has 0 bridgehead atoms. The number of hydrogen-bond donors (Lipinski definition) is 0. The number of halogens is 2. The zero-order valence-corrected chi connectivity index (χ0v) is 17.6. The molecule has 0 spiro atoms. The lowest BCUT2D eigenvalue weighted by molar-refractivity contribution is 0.752. The number of aliphatic imine (C=N–C) groups is 1. The summed E-state index contributed by atoms with van der Waals surface area (Å²) in [6.07, 6.45) is 2.06. The molecule has 0 aliphatic carbocycles. The van der Waals surface area contributed by atoms with Crippen LogP contribution in [0.3, 0.4) is 0 Å². The highest BCUT2D eigenvalue weighted by molar-refractivity contribution is 8.14. The minimum absolute atomic E-state index is 0.572. The third-order valence-electron chi connectivity index (χ3n) is 3.14. The van der Waals surface area contributed by atoms with Crippen molar-refractivity contribution in [2.75, 3.05) is 5.75 Å². The first-order valence-electron chi connectivity index (χ1n) is 8.00. The Hall–Kier alpha value is -0.870. The van der Waals surface area contributed by atoms with Crippen molar-refractivity contribution in [3.63, 3.8) is 0 Å². The monoisotopic (exact) mass is 409 g/mol. The average molecular weight is 410 g/mol. The average Bonchev–Trinajstić information content (AvgIpc) is 2.57. The van der Waals surface area contributed by atoms with Gasteiger partial charge in [0.2, 0.25) is 0 Å². The quantitative estimate of drug-likeness (QED) is 0.271. The van der Waals surface area contributed by atoms with Gasteiger partial charge < -0.3 is 0 Å². The van der Waals surface area contributed by atoms with Crippen molar-refractivity contribution < 1.29 is 0 Å². The van der Waals surface area contributed by atoms with Crippen LogP contribution < -0.4 is 0 Å². The predicted octanol–water partition coefficient (Wildman–Crippen LogP) is 8.03. The van der Waals surface area contributed by atoms with Crippen LogP contribution >= 0.6 is 46.7 Å². The number of hydrogen-bond acceptors (Lipinski definition) is 3. The van der Waals surface area contributed by atoms with Crippen LogP contribution in [0.1, 0.15) is 19.4 Å². The molecular weight excluding hydrogens is 389 g/mol. The Morgan fingerprint density at radius 3 is 2.44 bits per heavy atom. The van der Waals surface area contributed by atoms with Gasteiger partial charge in [0, 0.05) is 10.6 Å². The Balaban J connectivity index is 2.11. The van der Waals surface area contributed by atoms with Crippen molar-refractivity contribution >= 4 is 57.5 Å². The standard InChI is InChI=1S/C20H21Cl2NS2/c1-14(2)13-25-20(23-16-6-4-15(3)5-7-16)10-11-24-17-8-9-18(21)19(22)12-17/h4-12,14H,13H2,1-3H3. The second kappa shape index (κ2) is 10.3. The summed E-state index contributed by atoms with van der Waals surface area (Å²) >= 11 is 15.4. The summed E-state index contributed by atoms with van der Waals surface area (Å²) in [4.78, 5) is 5.82. The smallest absolute Gasteiger partial charge is 0.0972 e. The molecule has 0 unspecified atom stereocenters. The van der Waals surface area contributed by atoms with Gasteiger partial charge in [0.15, 0.2) is 0 Å². The molecule has 5 heteroatoms. The molecule has 0 aliphatic rings. The molecule has 0 amide bonds. The SMILES string of the molecule is Cc1ccc(N=C(C=CSc2ccc(Cl)c(Cl)c2)SCC(C)C)cc1. The fraction of sp³-hybridized carbons (Fsp3) is 0.250. The van der Waals surface area contributed by atoms with E-state index in [0.717, 1.165) is 21.4 Å². The molecule has 132 valence electrons. The Labute approximate surface area is 168 Å². The minimum Gasteiger partial charge on any atom is -0.242 e. The molecule has 1 nitrogen and oxygen atoms in total. The summed E-state index contributed by atoms with van der Waals surface area (Å²) in [7, 11) is 0. The molecule has 2 rings (SSSR count). The molecule has 0 atom stereocenters. The highest BCUT2D eigenvalue weighted by Gasteiger charge is 2.02. The maximum absolute atomic E-state index is 6.06. The van der Waals surface area contributed by atoms with Gasteiger partial charge in [0.05, 0.1) is 20.8 Å². The number of benzene rings is 2. The molecule has 25 heavy (non-hydrogen) atoms. The van der Waals surface area contributed by atoms with E-state index in [1.54, 1.807) is 23.5 Å². The van der Waals surface area contributed by atoms with Crippen molar-refractivity contribution in [1.29, 1.82) is 0 Å². The Morgan fingerprint density at radius 2 is 1.80 bits per heavy atom. The van der Waals surface area contributed by atoms with Crippen LogP contribution in [0.5, 0.6) is 0 Å². The highest BCUT2D eigenvalue weighted by atomic mass is 35.5. The first-order chi connectivity index (χ1) is 11.9. The lowest BCUT2D eigenvalue weighted by Gasteiger charge is -2.05. The molecule has 0 fully saturated rings. The lowest BCUT2D eigenvalue weighted by atomic mass is 10.2. The fourth-order valence-corrected chi connectivity index (χ4v) is 3.81. The van der Waals surface area contributed by atoms with Gasteiger partial charge in [0.25, 0.3) is 0 Å². The minimum atomic E-state index is 0.572.